The van der Waals surface area contributed by atoms with Crippen LogP contribution in [0.25, 0.3) is 0 Å². The van der Waals surface area contributed by atoms with Gasteiger partial charge in [0.05, 0.1) is 11.7 Å². The molecule has 73 valence electrons. The number of rotatable bonds is 1. The molecule has 1 atom stereocenters. The summed E-state index contributed by atoms with van der Waals surface area (Å²) < 4.78 is 0. The zero-order valence-corrected chi connectivity index (χ0v) is 8.34. The largest absolute Gasteiger partial charge is 0.295 e. The summed E-state index contributed by atoms with van der Waals surface area (Å²) in [6, 6.07) is 9.80. The Labute approximate surface area is 83.9 Å². The van der Waals surface area contributed by atoms with Gasteiger partial charge in [0.1, 0.15) is 6.54 Å². The number of carbonyl (C=O) groups is 1. The molecular formula is C11H13N2O. The first-order valence-corrected chi connectivity index (χ1v) is 4.66. The van der Waals surface area contributed by atoms with E-state index in [9.17, 15) is 4.79 Å². The molecule has 3 nitrogen and oxygen atoms in total. The molecular weight excluding hydrogens is 176 g/mol. The topological polar surface area (TPSA) is 23.6 Å². The fraction of sp³-hybridized carbons (Fsp3) is 0.273. The van der Waals surface area contributed by atoms with Crippen molar-refractivity contribution in [1.29, 1.82) is 0 Å². The van der Waals surface area contributed by atoms with E-state index in [1.165, 1.54) is 0 Å². The highest BCUT2D eigenvalue weighted by molar-refractivity contribution is 5.96. The normalized spacial score (nSPS) is 23.1. The SMILES string of the molecule is CC1C(=O)[CH]N(c2ccccc2)N1C. The lowest BCUT2D eigenvalue weighted by molar-refractivity contribution is -0.117. The van der Waals surface area contributed by atoms with Crippen LogP contribution in [-0.4, -0.2) is 23.9 Å². The standard InChI is InChI=1S/C11H13N2O/c1-9-11(14)8-13(12(9)2)10-6-4-3-5-7-10/h3-9H,1-2H3. The number of hydrogen-bond acceptors (Lipinski definition) is 3. The smallest absolute Gasteiger partial charge is 0.178 e. The van der Waals surface area contributed by atoms with Crippen LogP contribution in [0.5, 0.6) is 0 Å². The van der Waals surface area contributed by atoms with Gasteiger partial charge in [-0.2, -0.15) is 0 Å². The van der Waals surface area contributed by atoms with Crippen molar-refractivity contribution in [2.75, 3.05) is 12.1 Å². The van der Waals surface area contributed by atoms with Gasteiger partial charge in [-0.15, -0.1) is 0 Å². The highest BCUT2D eigenvalue weighted by Crippen LogP contribution is 2.24. The van der Waals surface area contributed by atoms with Crippen LogP contribution in [0.1, 0.15) is 6.92 Å². The van der Waals surface area contributed by atoms with E-state index in [0.29, 0.717) is 0 Å². The van der Waals surface area contributed by atoms with Gasteiger partial charge in [0.2, 0.25) is 0 Å². The third kappa shape index (κ3) is 1.40. The first-order chi connectivity index (χ1) is 6.70. The highest BCUT2D eigenvalue weighted by Gasteiger charge is 2.33. The van der Waals surface area contributed by atoms with E-state index < -0.39 is 0 Å². The Bertz CT molecular complexity index is 336. The van der Waals surface area contributed by atoms with Crippen LogP contribution in [0.3, 0.4) is 0 Å². The van der Waals surface area contributed by atoms with Crippen LogP contribution >= 0.6 is 0 Å². The summed E-state index contributed by atoms with van der Waals surface area (Å²) in [4.78, 5) is 11.4. The van der Waals surface area contributed by atoms with Crippen molar-refractivity contribution in [3.8, 4) is 0 Å². The maximum Gasteiger partial charge on any atom is 0.178 e. The molecule has 3 heteroatoms. The summed E-state index contributed by atoms with van der Waals surface area (Å²) in [6.45, 7) is 3.54. The molecule has 0 saturated carbocycles. The molecule has 0 aromatic heterocycles. The van der Waals surface area contributed by atoms with Gasteiger partial charge in [-0.1, -0.05) is 18.2 Å². The molecule has 1 aromatic rings. The Morgan fingerprint density at radius 3 is 2.36 bits per heavy atom. The van der Waals surface area contributed by atoms with Crippen LogP contribution in [0.2, 0.25) is 0 Å². The quantitative estimate of drug-likeness (QED) is 0.668. The van der Waals surface area contributed by atoms with Crippen molar-refractivity contribution >= 4 is 11.5 Å². The number of hydrazine groups is 1. The highest BCUT2D eigenvalue weighted by atomic mass is 16.1. The number of Topliss-reactive ketones (excluding diaryl/α,β-unsaturated/α-hetero) is 1. The number of likely N-dealkylation sites (N-methyl/N-ethyl adjacent to an activating group) is 1. The minimum Gasteiger partial charge on any atom is -0.295 e. The number of nitrogens with zero attached hydrogens (tertiary/aromatic N) is 2. The van der Waals surface area contributed by atoms with E-state index >= 15 is 0 Å². The van der Waals surface area contributed by atoms with Crippen molar-refractivity contribution in [2.24, 2.45) is 0 Å². The summed E-state index contributed by atoms with van der Waals surface area (Å²) >= 11 is 0. The van der Waals surface area contributed by atoms with Gasteiger partial charge < -0.3 is 0 Å². The summed E-state index contributed by atoms with van der Waals surface area (Å²) in [7, 11) is 1.92. The molecule has 1 unspecified atom stereocenters. The van der Waals surface area contributed by atoms with E-state index in [-0.39, 0.29) is 11.8 Å². The van der Waals surface area contributed by atoms with Crippen molar-refractivity contribution in [3.05, 3.63) is 36.9 Å². The first kappa shape index (κ1) is 9.21. The molecule has 0 spiro atoms. The maximum atomic E-state index is 11.4. The molecule has 2 rings (SSSR count). The summed E-state index contributed by atoms with van der Waals surface area (Å²) in [6.07, 6.45) is 0. The van der Waals surface area contributed by atoms with Gasteiger partial charge in [-0.3, -0.25) is 9.80 Å². The van der Waals surface area contributed by atoms with Crippen LogP contribution in [-0.2, 0) is 4.79 Å². The predicted molar refractivity (Wildman–Crippen MR) is 55.5 cm³/mol. The van der Waals surface area contributed by atoms with E-state index in [1.807, 2.05) is 54.3 Å². The Balaban J connectivity index is 2.26. The molecule has 1 aliphatic rings. The lowest BCUT2D eigenvalue weighted by atomic mass is 10.2. The van der Waals surface area contributed by atoms with E-state index in [2.05, 4.69) is 0 Å². The number of para-hydroxylation sites is 1. The maximum absolute atomic E-state index is 11.4. The van der Waals surface area contributed by atoms with E-state index in [1.54, 1.807) is 6.54 Å². The second-order valence-electron chi connectivity index (χ2n) is 3.46. The number of carbonyl (C=O) groups excluding carboxylic acids is 1. The molecule has 0 N–H and O–H groups in total. The summed E-state index contributed by atoms with van der Waals surface area (Å²) in [5, 5.41) is 3.81. The first-order valence-electron chi connectivity index (χ1n) is 4.66. The Hall–Kier alpha value is -1.35. The monoisotopic (exact) mass is 189 g/mol. The Morgan fingerprint density at radius 1 is 1.21 bits per heavy atom. The van der Waals surface area contributed by atoms with E-state index in [0.717, 1.165) is 5.69 Å². The van der Waals surface area contributed by atoms with Gasteiger partial charge >= 0.3 is 0 Å². The van der Waals surface area contributed by atoms with Crippen LogP contribution in [0.4, 0.5) is 5.69 Å². The van der Waals surface area contributed by atoms with E-state index in [4.69, 9.17) is 0 Å². The van der Waals surface area contributed by atoms with Crippen LogP contribution < -0.4 is 5.01 Å². The fourth-order valence-corrected chi connectivity index (χ4v) is 1.53. The molecule has 0 aliphatic carbocycles. The van der Waals surface area contributed by atoms with Gasteiger partial charge in [0.15, 0.2) is 5.78 Å². The van der Waals surface area contributed by atoms with Crippen molar-refractivity contribution < 1.29 is 4.79 Å². The zero-order chi connectivity index (χ0) is 10.1. The molecule has 1 aliphatic heterocycles. The summed E-state index contributed by atoms with van der Waals surface area (Å²) in [5.74, 6) is 0.149. The van der Waals surface area contributed by atoms with Crippen LogP contribution in [0.15, 0.2) is 30.3 Å². The third-order valence-electron chi connectivity index (χ3n) is 2.58. The molecule has 0 amide bonds. The molecule has 1 aromatic carbocycles. The minimum absolute atomic E-state index is 0.0600. The zero-order valence-electron chi connectivity index (χ0n) is 8.34. The van der Waals surface area contributed by atoms with Gasteiger partial charge in [0.25, 0.3) is 0 Å². The molecule has 1 fully saturated rings. The van der Waals surface area contributed by atoms with Crippen LogP contribution in [0, 0.1) is 6.54 Å². The molecule has 0 bridgehead atoms. The second kappa shape index (κ2) is 3.42. The average molecular weight is 189 g/mol. The average Bonchev–Trinajstić information content (AvgIpc) is 2.47. The molecule has 1 radical (unpaired) electrons. The lowest BCUT2D eigenvalue weighted by Crippen LogP contribution is -2.35. The van der Waals surface area contributed by atoms with Gasteiger partial charge in [0, 0.05) is 7.05 Å². The summed E-state index contributed by atoms with van der Waals surface area (Å²) in [5.41, 5.74) is 1.02. The predicted octanol–water partition coefficient (Wildman–Crippen LogP) is 1.47. The lowest BCUT2D eigenvalue weighted by Gasteiger charge is -2.26. The number of ketones is 1. The second-order valence-corrected chi connectivity index (χ2v) is 3.46. The third-order valence-corrected chi connectivity index (χ3v) is 2.58. The number of benzene rings is 1. The number of anilines is 1. The Kier molecular flexibility index (Phi) is 2.25. The molecule has 1 saturated heterocycles. The molecule has 1 heterocycles. The molecule has 14 heavy (non-hydrogen) atoms. The fourth-order valence-electron chi connectivity index (χ4n) is 1.53. The van der Waals surface area contributed by atoms with Gasteiger partial charge in [-0.25, -0.2) is 5.01 Å². The Morgan fingerprint density at radius 2 is 1.86 bits per heavy atom. The minimum atomic E-state index is -0.0600. The van der Waals surface area contributed by atoms with Crippen molar-refractivity contribution in [1.82, 2.24) is 5.01 Å². The van der Waals surface area contributed by atoms with Crippen molar-refractivity contribution in [2.45, 2.75) is 13.0 Å². The number of hydrogen-bond donors (Lipinski definition) is 0. The van der Waals surface area contributed by atoms with Gasteiger partial charge in [-0.05, 0) is 19.1 Å². The van der Waals surface area contributed by atoms with Crippen molar-refractivity contribution in [3.63, 3.8) is 0 Å².